The number of rotatable bonds is 1. The zero-order valence-electron chi connectivity index (χ0n) is 19.0. The SMILES string of the molecule is NC1C=CC(C2C=C3c4cc5ccccc5cc4N4c5cc6ccccc6cc5C(C2)C34)=CC1. The first-order valence-electron chi connectivity index (χ1n) is 12.5. The van der Waals surface area contributed by atoms with E-state index in [-0.39, 0.29) is 6.04 Å². The molecule has 4 aromatic rings. The van der Waals surface area contributed by atoms with Gasteiger partial charge >= 0.3 is 0 Å². The van der Waals surface area contributed by atoms with Crippen LogP contribution < -0.4 is 10.6 Å². The van der Waals surface area contributed by atoms with Gasteiger partial charge in [0.25, 0.3) is 0 Å². The van der Waals surface area contributed by atoms with Crippen molar-refractivity contribution in [2.24, 2.45) is 11.7 Å². The first-order valence-corrected chi connectivity index (χ1v) is 12.5. The van der Waals surface area contributed by atoms with Crippen LogP contribution in [0.3, 0.4) is 0 Å². The largest absolute Gasteiger partial charge is 0.332 e. The molecule has 0 saturated heterocycles. The number of nitrogens with zero attached hydrogens (tertiary/aromatic N) is 1. The van der Waals surface area contributed by atoms with Gasteiger partial charge in [-0.1, -0.05) is 72.8 Å². The van der Waals surface area contributed by atoms with E-state index >= 15 is 0 Å². The minimum Gasteiger partial charge on any atom is -0.332 e. The number of hydrogen-bond donors (Lipinski definition) is 1. The van der Waals surface area contributed by atoms with Gasteiger partial charge in [-0.15, -0.1) is 0 Å². The topological polar surface area (TPSA) is 29.3 Å². The Labute approximate surface area is 199 Å². The van der Waals surface area contributed by atoms with E-state index in [4.69, 9.17) is 5.73 Å². The van der Waals surface area contributed by atoms with Crippen molar-refractivity contribution < 1.29 is 0 Å². The van der Waals surface area contributed by atoms with Crippen LogP contribution in [0.15, 0.2) is 103 Å². The van der Waals surface area contributed by atoms with Gasteiger partial charge in [-0.2, -0.15) is 0 Å². The molecule has 0 fully saturated rings. The number of anilines is 2. The summed E-state index contributed by atoms with van der Waals surface area (Å²) in [4.78, 5) is 2.65. The highest BCUT2D eigenvalue weighted by Gasteiger charge is 2.50. The number of fused-ring (bicyclic) bond motifs is 8. The summed E-state index contributed by atoms with van der Waals surface area (Å²) in [5.74, 6) is 0.918. The van der Waals surface area contributed by atoms with E-state index in [9.17, 15) is 0 Å². The van der Waals surface area contributed by atoms with Crippen LogP contribution in [0.4, 0.5) is 11.4 Å². The summed E-state index contributed by atoms with van der Waals surface area (Å²) in [7, 11) is 0. The van der Waals surface area contributed by atoms with E-state index < -0.39 is 0 Å². The second kappa shape index (κ2) is 6.71. The third-order valence-electron chi connectivity index (χ3n) is 8.44. The number of allylic oxidation sites excluding steroid dienone is 3. The second-order valence-corrected chi connectivity index (χ2v) is 10.3. The number of hydrogen-bond acceptors (Lipinski definition) is 2. The highest BCUT2D eigenvalue weighted by Crippen LogP contribution is 2.61. The van der Waals surface area contributed by atoms with Gasteiger partial charge in [0.2, 0.25) is 0 Å². The fourth-order valence-electron chi connectivity index (χ4n) is 6.87. The molecule has 4 unspecified atom stereocenters. The first kappa shape index (κ1) is 18.8. The summed E-state index contributed by atoms with van der Waals surface area (Å²) >= 11 is 0. The molecule has 2 heteroatoms. The molecule has 0 aromatic heterocycles. The van der Waals surface area contributed by atoms with Crippen LogP contribution in [0.1, 0.15) is 29.9 Å². The van der Waals surface area contributed by atoms with Crippen LogP contribution in [0, 0.1) is 5.92 Å². The molecule has 2 N–H and O–H groups in total. The number of benzene rings is 4. The van der Waals surface area contributed by atoms with Crippen molar-refractivity contribution in [3.05, 3.63) is 114 Å². The second-order valence-electron chi connectivity index (χ2n) is 10.3. The molecule has 0 radical (unpaired) electrons. The fourth-order valence-corrected chi connectivity index (χ4v) is 6.87. The molecule has 0 saturated carbocycles. The van der Waals surface area contributed by atoms with Gasteiger partial charge in [0.15, 0.2) is 0 Å². The third-order valence-corrected chi connectivity index (χ3v) is 8.44. The summed E-state index contributed by atoms with van der Waals surface area (Å²) in [5.41, 5.74) is 14.8. The molecule has 2 aliphatic heterocycles. The smallest absolute Gasteiger partial charge is 0.0665 e. The van der Waals surface area contributed by atoms with E-state index in [2.05, 4.69) is 102 Å². The summed E-state index contributed by atoms with van der Waals surface area (Å²) < 4.78 is 0. The van der Waals surface area contributed by atoms with Gasteiger partial charge in [0, 0.05) is 34.8 Å². The monoisotopic (exact) mass is 438 g/mol. The molecule has 4 aliphatic rings. The Morgan fingerprint density at radius 3 is 2.18 bits per heavy atom. The standard InChI is InChI=1S/C32H26N2/c33-25-11-9-19(10-12-25)24-15-28-26-13-20-5-1-3-7-22(20)17-30(26)34-31-18-23-8-4-2-6-21(23)14-27(31)29(16-24)32(28)34/h1-11,13-15,17-18,24-25,29,32H,12,16,33H2. The Kier molecular flexibility index (Phi) is 3.70. The predicted octanol–water partition coefficient (Wildman–Crippen LogP) is 7.23. The molecule has 0 bridgehead atoms. The van der Waals surface area contributed by atoms with Crippen molar-refractivity contribution >= 4 is 38.5 Å². The molecule has 4 aromatic carbocycles. The van der Waals surface area contributed by atoms with Gasteiger partial charge in [-0.05, 0) is 75.4 Å². The van der Waals surface area contributed by atoms with Crippen molar-refractivity contribution in [2.45, 2.75) is 30.8 Å². The van der Waals surface area contributed by atoms with Crippen LogP contribution in [0.25, 0.3) is 27.1 Å². The van der Waals surface area contributed by atoms with Crippen molar-refractivity contribution in [3.8, 4) is 0 Å². The quantitative estimate of drug-likeness (QED) is 0.340. The average molecular weight is 439 g/mol. The predicted molar refractivity (Wildman–Crippen MR) is 142 cm³/mol. The molecule has 0 spiro atoms. The minimum atomic E-state index is 0.153. The molecule has 2 heterocycles. The normalized spacial score (nSPS) is 26.3. The highest BCUT2D eigenvalue weighted by molar-refractivity contribution is 6.04. The Morgan fingerprint density at radius 2 is 1.47 bits per heavy atom. The lowest BCUT2D eigenvalue weighted by Crippen LogP contribution is -2.30. The van der Waals surface area contributed by atoms with Gasteiger partial charge in [-0.25, -0.2) is 0 Å². The van der Waals surface area contributed by atoms with Gasteiger partial charge in [0.1, 0.15) is 0 Å². The Morgan fingerprint density at radius 1 is 0.794 bits per heavy atom. The molecule has 34 heavy (non-hydrogen) atoms. The Hall–Kier alpha value is -3.62. The zero-order chi connectivity index (χ0) is 22.4. The van der Waals surface area contributed by atoms with E-state index in [0.717, 1.165) is 12.8 Å². The fraction of sp³-hybridized carbons (Fsp3) is 0.188. The van der Waals surface area contributed by atoms with Gasteiger partial charge in [0.05, 0.1) is 6.04 Å². The van der Waals surface area contributed by atoms with Crippen LogP contribution in [0.5, 0.6) is 0 Å². The zero-order valence-corrected chi connectivity index (χ0v) is 19.0. The van der Waals surface area contributed by atoms with E-state index in [1.165, 1.54) is 55.2 Å². The first-order chi connectivity index (χ1) is 16.7. The molecular formula is C32H26N2. The molecule has 8 rings (SSSR count). The molecule has 2 nitrogen and oxygen atoms in total. The Bertz CT molecular complexity index is 1600. The lowest BCUT2D eigenvalue weighted by Gasteiger charge is -2.33. The molecule has 0 amide bonds. The molecule has 4 atom stereocenters. The van der Waals surface area contributed by atoms with Crippen molar-refractivity contribution in [3.63, 3.8) is 0 Å². The van der Waals surface area contributed by atoms with Crippen molar-refractivity contribution in [1.29, 1.82) is 0 Å². The summed E-state index contributed by atoms with van der Waals surface area (Å²) in [6.45, 7) is 0. The number of nitrogens with two attached hydrogens (primary N) is 1. The van der Waals surface area contributed by atoms with Crippen LogP contribution in [-0.2, 0) is 0 Å². The van der Waals surface area contributed by atoms with Crippen LogP contribution in [0.2, 0.25) is 0 Å². The maximum Gasteiger partial charge on any atom is 0.0665 e. The van der Waals surface area contributed by atoms with E-state index in [1.807, 2.05) is 0 Å². The summed E-state index contributed by atoms with van der Waals surface area (Å²) in [6.07, 6.45) is 11.5. The van der Waals surface area contributed by atoms with Crippen molar-refractivity contribution in [1.82, 2.24) is 0 Å². The van der Waals surface area contributed by atoms with E-state index in [1.54, 1.807) is 0 Å². The minimum absolute atomic E-state index is 0.153. The lowest BCUT2D eigenvalue weighted by molar-refractivity contribution is 0.522. The molecular weight excluding hydrogens is 412 g/mol. The molecule has 164 valence electrons. The summed E-state index contributed by atoms with van der Waals surface area (Å²) in [5, 5.41) is 5.30. The molecule has 2 aliphatic carbocycles. The maximum absolute atomic E-state index is 6.15. The van der Waals surface area contributed by atoms with Crippen LogP contribution in [-0.4, -0.2) is 12.1 Å². The average Bonchev–Trinajstić information content (AvgIpc) is 3.36. The lowest BCUT2D eigenvalue weighted by atomic mass is 9.73. The Balaban J connectivity index is 1.39. The van der Waals surface area contributed by atoms with Crippen molar-refractivity contribution in [2.75, 3.05) is 4.90 Å². The summed E-state index contributed by atoms with van der Waals surface area (Å²) in [6, 6.07) is 27.9. The van der Waals surface area contributed by atoms with E-state index in [0.29, 0.717) is 17.9 Å². The van der Waals surface area contributed by atoms with Gasteiger partial charge < -0.3 is 10.6 Å². The van der Waals surface area contributed by atoms with Gasteiger partial charge in [-0.3, -0.25) is 0 Å². The highest BCUT2D eigenvalue weighted by atomic mass is 15.2. The maximum atomic E-state index is 6.15. The third kappa shape index (κ3) is 2.49. The van der Waals surface area contributed by atoms with Crippen LogP contribution >= 0.6 is 0 Å².